The van der Waals surface area contributed by atoms with Crippen molar-refractivity contribution >= 4 is 11.6 Å². The van der Waals surface area contributed by atoms with E-state index in [4.69, 9.17) is 0 Å². The van der Waals surface area contributed by atoms with Crippen LogP contribution in [-0.4, -0.2) is 23.1 Å². The fourth-order valence-corrected chi connectivity index (χ4v) is 2.06. The molecule has 0 saturated heterocycles. The molecule has 4 heteroatoms. The summed E-state index contributed by atoms with van der Waals surface area (Å²) in [5, 5.41) is 6.56. The van der Waals surface area contributed by atoms with E-state index in [1.165, 1.54) is 32.1 Å². The average molecular weight is 264 g/mol. The molecule has 0 saturated carbocycles. The van der Waals surface area contributed by atoms with Crippen LogP contribution in [0.15, 0.2) is 6.07 Å². The molecule has 1 atom stereocenters. The van der Waals surface area contributed by atoms with Crippen molar-refractivity contribution in [2.24, 2.45) is 0 Å². The van der Waals surface area contributed by atoms with Crippen molar-refractivity contribution in [1.82, 2.24) is 9.97 Å². The third-order valence-corrected chi connectivity index (χ3v) is 3.23. The Hall–Kier alpha value is -1.32. The maximum atomic E-state index is 4.52. The van der Waals surface area contributed by atoms with Gasteiger partial charge in [0.25, 0.3) is 0 Å². The van der Waals surface area contributed by atoms with Crippen LogP contribution in [0.4, 0.5) is 11.6 Å². The van der Waals surface area contributed by atoms with Gasteiger partial charge in [-0.1, -0.05) is 39.5 Å². The van der Waals surface area contributed by atoms with Crippen LogP contribution in [0, 0.1) is 0 Å². The Morgan fingerprint density at radius 3 is 2.47 bits per heavy atom. The van der Waals surface area contributed by atoms with Crippen LogP contribution in [0.1, 0.15) is 58.7 Å². The minimum absolute atomic E-state index is 0.459. The molecule has 2 N–H and O–H groups in total. The molecule has 4 nitrogen and oxygen atoms in total. The number of aryl methyl sites for hydroxylation is 1. The number of hydrogen-bond donors (Lipinski definition) is 2. The largest absolute Gasteiger partial charge is 0.373 e. The van der Waals surface area contributed by atoms with Gasteiger partial charge in [0.2, 0.25) is 0 Å². The highest BCUT2D eigenvalue weighted by molar-refractivity contribution is 5.47. The van der Waals surface area contributed by atoms with Crippen molar-refractivity contribution < 1.29 is 0 Å². The molecule has 0 aliphatic carbocycles. The molecule has 1 unspecified atom stereocenters. The van der Waals surface area contributed by atoms with E-state index in [1.54, 1.807) is 0 Å². The summed E-state index contributed by atoms with van der Waals surface area (Å²) < 4.78 is 0. The number of unbranched alkanes of at least 4 members (excludes halogenated alkanes) is 3. The first-order chi connectivity index (χ1) is 9.19. The Morgan fingerprint density at radius 1 is 1.11 bits per heavy atom. The smallest absolute Gasteiger partial charge is 0.132 e. The van der Waals surface area contributed by atoms with Gasteiger partial charge in [-0.2, -0.15) is 0 Å². The van der Waals surface area contributed by atoms with Gasteiger partial charge in [-0.15, -0.1) is 0 Å². The monoisotopic (exact) mass is 264 g/mol. The standard InChI is InChI=1S/C15H28N4/c1-5-7-8-9-10-12(3)17-15-11-14(16-4)18-13(6-2)19-15/h11-12H,5-10H2,1-4H3,(H2,16,17,18,19). The lowest BCUT2D eigenvalue weighted by Crippen LogP contribution is -2.17. The van der Waals surface area contributed by atoms with Crippen molar-refractivity contribution in [3.8, 4) is 0 Å². The van der Waals surface area contributed by atoms with Crippen LogP contribution in [0.3, 0.4) is 0 Å². The number of anilines is 2. The topological polar surface area (TPSA) is 49.8 Å². The normalized spacial score (nSPS) is 12.2. The van der Waals surface area contributed by atoms with Gasteiger partial charge in [0.15, 0.2) is 0 Å². The van der Waals surface area contributed by atoms with Gasteiger partial charge in [0.1, 0.15) is 17.5 Å². The Kier molecular flexibility index (Phi) is 7.23. The molecule has 0 fully saturated rings. The Balaban J connectivity index is 2.50. The molecule has 0 aliphatic heterocycles. The molecule has 108 valence electrons. The third-order valence-electron chi connectivity index (χ3n) is 3.23. The predicted molar refractivity (Wildman–Crippen MR) is 82.8 cm³/mol. The molecule has 0 radical (unpaired) electrons. The molecule has 0 bridgehead atoms. The number of rotatable bonds is 9. The predicted octanol–water partition coefficient (Wildman–Crippen LogP) is 3.85. The molecule has 1 heterocycles. The zero-order chi connectivity index (χ0) is 14.1. The van der Waals surface area contributed by atoms with Crippen LogP contribution in [0.2, 0.25) is 0 Å². The summed E-state index contributed by atoms with van der Waals surface area (Å²) in [5.74, 6) is 2.69. The molecule has 0 amide bonds. The second-order valence-corrected chi connectivity index (χ2v) is 5.05. The van der Waals surface area contributed by atoms with Crippen LogP contribution < -0.4 is 10.6 Å². The SMILES string of the molecule is CCCCCCC(C)Nc1cc(NC)nc(CC)n1. The van der Waals surface area contributed by atoms with Gasteiger partial charge in [0, 0.05) is 25.6 Å². The average Bonchev–Trinajstić information content (AvgIpc) is 2.43. The van der Waals surface area contributed by atoms with E-state index in [1.807, 2.05) is 13.1 Å². The first-order valence-corrected chi connectivity index (χ1v) is 7.51. The maximum absolute atomic E-state index is 4.52. The number of nitrogens with zero attached hydrogens (tertiary/aromatic N) is 2. The van der Waals surface area contributed by atoms with E-state index < -0.39 is 0 Å². The van der Waals surface area contributed by atoms with Gasteiger partial charge in [-0.05, 0) is 13.3 Å². The van der Waals surface area contributed by atoms with Gasteiger partial charge in [0.05, 0.1) is 0 Å². The lowest BCUT2D eigenvalue weighted by Gasteiger charge is -2.15. The number of nitrogens with one attached hydrogen (secondary N) is 2. The molecule has 0 aliphatic rings. The summed E-state index contributed by atoms with van der Waals surface area (Å²) in [5.41, 5.74) is 0. The first-order valence-electron chi connectivity index (χ1n) is 7.51. The Bertz CT molecular complexity index is 343. The zero-order valence-corrected chi connectivity index (χ0v) is 12.8. The van der Waals surface area contributed by atoms with E-state index in [0.717, 1.165) is 23.9 Å². The molecule has 19 heavy (non-hydrogen) atoms. The van der Waals surface area contributed by atoms with E-state index in [-0.39, 0.29) is 0 Å². The van der Waals surface area contributed by atoms with Crippen LogP contribution in [0.25, 0.3) is 0 Å². The number of hydrogen-bond acceptors (Lipinski definition) is 4. The van der Waals surface area contributed by atoms with Crippen molar-refractivity contribution in [1.29, 1.82) is 0 Å². The van der Waals surface area contributed by atoms with E-state index in [0.29, 0.717) is 6.04 Å². The Morgan fingerprint density at radius 2 is 1.84 bits per heavy atom. The molecule has 0 aromatic carbocycles. The lowest BCUT2D eigenvalue weighted by molar-refractivity contribution is 0.592. The summed E-state index contributed by atoms with van der Waals surface area (Å²) in [6, 6.07) is 2.43. The van der Waals surface area contributed by atoms with E-state index >= 15 is 0 Å². The lowest BCUT2D eigenvalue weighted by atomic mass is 10.1. The quantitative estimate of drug-likeness (QED) is 0.665. The molecular weight excluding hydrogens is 236 g/mol. The van der Waals surface area contributed by atoms with Crippen molar-refractivity contribution in [3.63, 3.8) is 0 Å². The van der Waals surface area contributed by atoms with Gasteiger partial charge >= 0.3 is 0 Å². The summed E-state index contributed by atoms with van der Waals surface area (Å²) in [7, 11) is 1.89. The Labute approximate surface area is 117 Å². The third kappa shape index (κ3) is 5.90. The van der Waals surface area contributed by atoms with Crippen molar-refractivity contribution in [3.05, 3.63) is 11.9 Å². The van der Waals surface area contributed by atoms with Gasteiger partial charge in [-0.3, -0.25) is 0 Å². The highest BCUT2D eigenvalue weighted by Crippen LogP contribution is 2.14. The summed E-state index contributed by atoms with van der Waals surface area (Å²) in [4.78, 5) is 8.92. The highest BCUT2D eigenvalue weighted by Gasteiger charge is 2.06. The summed E-state index contributed by atoms with van der Waals surface area (Å²) in [6.45, 7) is 6.54. The van der Waals surface area contributed by atoms with Crippen LogP contribution in [0.5, 0.6) is 0 Å². The van der Waals surface area contributed by atoms with Crippen LogP contribution >= 0.6 is 0 Å². The second-order valence-electron chi connectivity index (χ2n) is 5.05. The van der Waals surface area contributed by atoms with Crippen molar-refractivity contribution in [2.45, 2.75) is 65.3 Å². The molecule has 1 aromatic heterocycles. The molecular formula is C15H28N4. The fraction of sp³-hybridized carbons (Fsp3) is 0.733. The highest BCUT2D eigenvalue weighted by atomic mass is 15.1. The first kappa shape index (κ1) is 15.7. The summed E-state index contributed by atoms with van der Waals surface area (Å²) in [6.07, 6.45) is 7.29. The fourth-order valence-electron chi connectivity index (χ4n) is 2.06. The van der Waals surface area contributed by atoms with Crippen LogP contribution in [-0.2, 0) is 6.42 Å². The van der Waals surface area contributed by atoms with E-state index in [9.17, 15) is 0 Å². The van der Waals surface area contributed by atoms with Gasteiger partial charge < -0.3 is 10.6 Å². The van der Waals surface area contributed by atoms with Crippen molar-refractivity contribution in [2.75, 3.05) is 17.7 Å². The zero-order valence-electron chi connectivity index (χ0n) is 12.8. The molecule has 1 rings (SSSR count). The molecule has 1 aromatic rings. The maximum Gasteiger partial charge on any atom is 0.132 e. The minimum atomic E-state index is 0.459. The van der Waals surface area contributed by atoms with Gasteiger partial charge in [-0.25, -0.2) is 9.97 Å². The molecule has 0 spiro atoms. The second kappa shape index (κ2) is 8.73. The summed E-state index contributed by atoms with van der Waals surface area (Å²) >= 11 is 0. The van der Waals surface area contributed by atoms with E-state index in [2.05, 4.69) is 41.4 Å². The number of aromatic nitrogens is 2. The minimum Gasteiger partial charge on any atom is -0.373 e.